The average Bonchev–Trinajstić information content (AvgIpc) is 3.20. The molecule has 142 valence electrons. The van der Waals surface area contributed by atoms with Crippen LogP contribution in [0.25, 0.3) is 16.0 Å². The smallest absolute Gasteiger partial charge is 0.264 e. The first-order chi connectivity index (χ1) is 12.9. The van der Waals surface area contributed by atoms with Crippen LogP contribution in [0, 0.1) is 0 Å². The lowest BCUT2D eigenvalue weighted by molar-refractivity contribution is -0.0122. The largest absolute Gasteiger partial charge is 0.375 e. The number of hydrogen-bond donors (Lipinski definition) is 0. The Morgan fingerprint density at radius 1 is 1.33 bits per heavy atom. The lowest BCUT2D eigenvalue weighted by Crippen LogP contribution is -2.44. The van der Waals surface area contributed by atoms with Gasteiger partial charge in [-0.25, -0.2) is 4.98 Å². The van der Waals surface area contributed by atoms with Gasteiger partial charge in [-0.05, 0) is 37.3 Å². The van der Waals surface area contributed by atoms with E-state index in [0.29, 0.717) is 19.7 Å². The van der Waals surface area contributed by atoms with E-state index >= 15 is 0 Å². The molecule has 0 aliphatic carbocycles. The molecule has 1 saturated heterocycles. The summed E-state index contributed by atoms with van der Waals surface area (Å²) >= 11 is 4.98. The van der Waals surface area contributed by atoms with Gasteiger partial charge in [0.05, 0.1) is 17.6 Å². The third-order valence-corrected chi connectivity index (χ3v) is 6.17. The molecule has 1 fully saturated rings. The van der Waals surface area contributed by atoms with Crippen molar-refractivity contribution in [1.82, 2.24) is 14.5 Å². The van der Waals surface area contributed by atoms with Crippen LogP contribution >= 0.6 is 27.3 Å². The highest BCUT2D eigenvalue weighted by Crippen LogP contribution is 2.33. The summed E-state index contributed by atoms with van der Waals surface area (Å²) in [5.74, 6) is 0.902. The van der Waals surface area contributed by atoms with Crippen LogP contribution in [-0.4, -0.2) is 60.3 Å². The average molecular weight is 449 g/mol. The van der Waals surface area contributed by atoms with Gasteiger partial charge in [-0.1, -0.05) is 15.9 Å². The fourth-order valence-electron chi connectivity index (χ4n) is 3.25. The Balaban J connectivity index is 1.76. The maximum absolute atomic E-state index is 13.0. The molecule has 3 heterocycles. The van der Waals surface area contributed by atoms with E-state index in [0.717, 1.165) is 31.3 Å². The maximum Gasteiger partial charge on any atom is 0.264 e. The van der Waals surface area contributed by atoms with Gasteiger partial charge in [-0.15, -0.1) is 11.3 Å². The fourth-order valence-corrected chi connectivity index (χ4v) is 4.59. The molecule has 1 unspecified atom stereocenters. The normalized spacial score (nSPS) is 17.5. The highest BCUT2D eigenvalue weighted by molar-refractivity contribution is 9.10. The molecule has 2 aromatic heterocycles. The number of hydrogen-bond acceptors (Lipinski definition) is 5. The maximum atomic E-state index is 13.0. The van der Waals surface area contributed by atoms with Gasteiger partial charge in [-0.2, -0.15) is 0 Å². The molecule has 8 heteroatoms. The van der Waals surface area contributed by atoms with E-state index in [4.69, 9.17) is 9.72 Å². The van der Waals surface area contributed by atoms with Crippen LogP contribution in [0.3, 0.4) is 0 Å². The van der Waals surface area contributed by atoms with Crippen LogP contribution < -0.4 is 4.90 Å². The molecule has 6 nitrogen and oxygen atoms in total. The Morgan fingerprint density at radius 2 is 2.07 bits per heavy atom. The number of fused-ring (bicyclic) bond motifs is 1. The third-order valence-electron chi connectivity index (χ3n) is 4.54. The van der Waals surface area contributed by atoms with Crippen molar-refractivity contribution >= 4 is 49.5 Å². The van der Waals surface area contributed by atoms with Gasteiger partial charge >= 0.3 is 0 Å². The molecule has 0 radical (unpaired) electrons. The number of ether oxygens (including phenoxy) is 1. The van der Waals surface area contributed by atoms with Crippen molar-refractivity contribution in [3.63, 3.8) is 0 Å². The molecule has 1 amide bonds. The molecule has 0 saturated carbocycles. The van der Waals surface area contributed by atoms with Crippen molar-refractivity contribution in [2.24, 2.45) is 0 Å². The van der Waals surface area contributed by atoms with E-state index in [9.17, 15) is 4.79 Å². The lowest BCUT2D eigenvalue weighted by atomic mass is 10.3. The minimum Gasteiger partial charge on any atom is -0.375 e. The van der Waals surface area contributed by atoms with Gasteiger partial charge in [0.1, 0.15) is 10.3 Å². The minimum atomic E-state index is 0.0573. The first-order valence-electron chi connectivity index (χ1n) is 8.80. The van der Waals surface area contributed by atoms with E-state index < -0.39 is 0 Å². The number of anilines is 1. The number of nitrogens with zero attached hydrogens (tertiary/aromatic N) is 4. The van der Waals surface area contributed by atoms with Crippen LogP contribution in [0.2, 0.25) is 0 Å². The molecule has 27 heavy (non-hydrogen) atoms. The molecule has 1 aromatic carbocycles. The quantitative estimate of drug-likeness (QED) is 0.611. The van der Waals surface area contributed by atoms with E-state index in [1.807, 2.05) is 61.2 Å². The number of morpholine rings is 1. The summed E-state index contributed by atoms with van der Waals surface area (Å²) < 4.78 is 8.68. The summed E-state index contributed by atoms with van der Waals surface area (Å²) in [6, 6.07) is 10.0. The zero-order valence-electron chi connectivity index (χ0n) is 15.5. The van der Waals surface area contributed by atoms with Crippen LogP contribution in [-0.2, 0) is 4.74 Å². The molecule has 1 atom stereocenters. The second-order valence-electron chi connectivity index (χ2n) is 6.85. The molecule has 1 aliphatic rings. The molecule has 0 bridgehead atoms. The Hall–Kier alpha value is -1.90. The fraction of sp³-hybridized carbons (Fsp3) is 0.368. The van der Waals surface area contributed by atoms with Crippen LogP contribution in [0.1, 0.15) is 16.6 Å². The Labute approximate surface area is 170 Å². The first kappa shape index (κ1) is 18.5. The highest BCUT2D eigenvalue weighted by atomic mass is 79.9. The van der Waals surface area contributed by atoms with E-state index in [-0.39, 0.29) is 12.0 Å². The Morgan fingerprint density at radius 3 is 2.74 bits per heavy atom. The molecule has 0 spiro atoms. The van der Waals surface area contributed by atoms with Crippen LogP contribution in [0.4, 0.5) is 5.95 Å². The number of carbonyl (C=O) groups is 1. The van der Waals surface area contributed by atoms with Crippen molar-refractivity contribution < 1.29 is 9.53 Å². The summed E-state index contributed by atoms with van der Waals surface area (Å²) in [7, 11) is 3.95. The second kappa shape index (κ2) is 7.26. The molecular formula is C19H21BrN4O2S. The lowest BCUT2D eigenvalue weighted by Gasteiger charge is -2.30. The number of aromatic nitrogens is 2. The molecule has 0 N–H and O–H groups in total. The SMILES string of the molecule is CC1CN(C(=O)c2cc3nc(N(C)C)n(-c4ccc(Br)cc4)c3s2)CCO1. The molecule has 4 rings (SSSR count). The van der Waals surface area contributed by atoms with Gasteiger partial charge in [-0.3, -0.25) is 9.36 Å². The number of amides is 1. The van der Waals surface area contributed by atoms with Gasteiger partial charge in [0.2, 0.25) is 5.95 Å². The van der Waals surface area contributed by atoms with Crippen LogP contribution in [0.15, 0.2) is 34.8 Å². The molecular weight excluding hydrogens is 428 g/mol. The number of thiophene rings is 1. The Bertz CT molecular complexity index is 980. The number of imidazole rings is 1. The van der Waals surface area contributed by atoms with Crippen molar-refractivity contribution in [2.75, 3.05) is 38.7 Å². The monoisotopic (exact) mass is 448 g/mol. The van der Waals surface area contributed by atoms with Crippen LogP contribution in [0.5, 0.6) is 0 Å². The summed E-state index contributed by atoms with van der Waals surface area (Å²) in [6.07, 6.45) is 0.0761. The van der Waals surface area contributed by atoms with E-state index in [2.05, 4.69) is 20.5 Å². The standard InChI is InChI=1S/C19H21BrN4O2S/c1-12-11-23(8-9-26-12)17(25)16-10-15-18(27-16)24(19(21-15)22(2)3)14-6-4-13(20)5-7-14/h4-7,10,12H,8-9,11H2,1-3H3. The highest BCUT2D eigenvalue weighted by Gasteiger charge is 2.26. The number of benzene rings is 1. The van der Waals surface area contributed by atoms with Crippen molar-refractivity contribution in [2.45, 2.75) is 13.0 Å². The predicted octanol–water partition coefficient (Wildman–Crippen LogP) is 3.78. The van der Waals surface area contributed by atoms with Crippen molar-refractivity contribution in [1.29, 1.82) is 0 Å². The van der Waals surface area contributed by atoms with Gasteiger partial charge in [0, 0.05) is 37.3 Å². The topological polar surface area (TPSA) is 50.6 Å². The third kappa shape index (κ3) is 3.49. The van der Waals surface area contributed by atoms with E-state index in [1.54, 1.807) is 0 Å². The summed E-state index contributed by atoms with van der Waals surface area (Å²) in [4.78, 5) is 23.3. The van der Waals surface area contributed by atoms with Crippen molar-refractivity contribution in [3.8, 4) is 5.69 Å². The van der Waals surface area contributed by atoms with E-state index in [1.165, 1.54) is 11.3 Å². The minimum absolute atomic E-state index is 0.0573. The van der Waals surface area contributed by atoms with Gasteiger partial charge in [0.15, 0.2) is 0 Å². The number of rotatable bonds is 3. The summed E-state index contributed by atoms with van der Waals surface area (Å²) in [5, 5.41) is 0. The van der Waals surface area contributed by atoms with Gasteiger partial charge in [0.25, 0.3) is 5.91 Å². The summed E-state index contributed by atoms with van der Waals surface area (Å²) in [6.45, 7) is 3.85. The van der Waals surface area contributed by atoms with Crippen molar-refractivity contribution in [3.05, 3.63) is 39.7 Å². The number of halogens is 1. The van der Waals surface area contributed by atoms with Gasteiger partial charge < -0.3 is 14.5 Å². The molecule has 1 aliphatic heterocycles. The molecule has 3 aromatic rings. The Kier molecular flexibility index (Phi) is 4.96. The zero-order chi connectivity index (χ0) is 19.1. The summed E-state index contributed by atoms with van der Waals surface area (Å²) in [5.41, 5.74) is 1.86. The number of carbonyl (C=O) groups excluding carboxylic acids is 1. The second-order valence-corrected chi connectivity index (χ2v) is 8.80. The zero-order valence-corrected chi connectivity index (χ0v) is 17.9. The first-order valence-corrected chi connectivity index (χ1v) is 10.4. The predicted molar refractivity (Wildman–Crippen MR) is 112 cm³/mol.